The van der Waals surface area contributed by atoms with Crippen molar-refractivity contribution in [3.05, 3.63) is 46.6 Å². The third kappa shape index (κ3) is 1.59. The number of halogens is 2. The summed E-state index contributed by atoms with van der Waals surface area (Å²) < 4.78 is 0. The van der Waals surface area contributed by atoms with Gasteiger partial charge in [-0.15, -0.1) is 23.2 Å². The first-order chi connectivity index (χ1) is 8.60. The molecule has 0 amide bonds. The van der Waals surface area contributed by atoms with Gasteiger partial charge in [0.1, 0.15) is 0 Å². The van der Waals surface area contributed by atoms with Gasteiger partial charge in [-0.25, -0.2) is 0 Å². The fourth-order valence-electron chi connectivity index (χ4n) is 3.79. The van der Waals surface area contributed by atoms with Crippen molar-refractivity contribution in [3.8, 4) is 0 Å². The summed E-state index contributed by atoms with van der Waals surface area (Å²) in [6.07, 6.45) is 8.43. The van der Waals surface area contributed by atoms with E-state index in [1.165, 1.54) is 22.3 Å². The van der Waals surface area contributed by atoms with E-state index in [0.29, 0.717) is 0 Å². The Hall–Kier alpha value is -0.460. The summed E-state index contributed by atoms with van der Waals surface area (Å²) in [7, 11) is 0. The van der Waals surface area contributed by atoms with Crippen LogP contribution < -0.4 is 0 Å². The summed E-state index contributed by atoms with van der Waals surface area (Å²) in [6.45, 7) is 12.7. The Bertz CT molecular complexity index is 458. The molecule has 2 rings (SSSR count). The lowest BCUT2D eigenvalue weighted by Crippen LogP contribution is -2.54. The van der Waals surface area contributed by atoms with Crippen LogP contribution in [-0.4, -0.2) is 9.75 Å². The minimum atomic E-state index is -0.525. The molecule has 0 aromatic carbocycles. The van der Waals surface area contributed by atoms with Crippen LogP contribution >= 0.6 is 23.2 Å². The Kier molecular flexibility index (Phi) is 3.35. The second-order valence-electron chi connectivity index (χ2n) is 6.34. The van der Waals surface area contributed by atoms with Gasteiger partial charge in [-0.2, -0.15) is 0 Å². The number of rotatable bonds is 2. The molecule has 0 aromatic rings. The summed E-state index contributed by atoms with van der Waals surface area (Å²) in [5, 5.41) is 0. The van der Waals surface area contributed by atoms with Crippen molar-refractivity contribution >= 4 is 23.2 Å². The Balaban J connectivity index is 2.62. The van der Waals surface area contributed by atoms with E-state index in [9.17, 15) is 0 Å². The maximum atomic E-state index is 7.09. The molecule has 2 heteroatoms. The summed E-state index contributed by atoms with van der Waals surface area (Å²) in [5.41, 5.74) is 4.36. The Labute approximate surface area is 126 Å². The zero-order valence-electron chi connectivity index (χ0n) is 12.6. The van der Waals surface area contributed by atoms with E-state index in [1.54, 1.807) is 0 Å². The van der Waals surface area contributed by atoms with Crippen molar-refractivity contribution in [1.29, 1.82) is 0 Å². The second-order valence-corrected chi connectivity index (χ2v) is 7.47. The molecule has 0 bridgehead atoms. The van der Waals surface area contributed by atoms with Gasteiger partial charge in [0, 0.05) is 5.41 Å². The van der Waals surface area contributed by atoms with E-state index in [4.69, 9.17) is 23.2 Å². The standard InChI is InChI=1S/C17H22Cl2/c1-11-7-8-12(2)16(11,18)15(5,6)17(19)13(3)9-10-14(17)4/h7-10H,1-6H3. The van der Waals surface area contributed by atoms with Gasteiger partial charge >= 0.3 is 0 Å². The Morgan fingerprint density at radius 3 is 1.11 bits per heavy atom. The van der Waals surface area contributed by atoms with Gasteiger partial charge in [0.25, 0.3) is 0 Å². The summed E-state index contributed by atoms with van der Waals surface area (Å²) >= 11 is 14.2. The summed E-state index contributed by atoms with van der Waals surface area (Å²) in [5.74, 6) is 0. The lowest BCUT2D eigenvalue weighted by Gasteiger charge is -2.52. The van der Waals surface area contributed by atoms with Crippen LogP contribution in [-0.2, 0) is 0 Å². The number of alkyl halides is 2. The first-order valence-electron chi connectivity index (χ1n) is 6.70. The predicted molar refractivity (Wildman–Crippen MR) is 86.0 cm³/mol. The van der Waals surface area contributed by atoms with Gasteiger partial charge in [-0.05, 0) is 50.0 Å². The monoisotopic (exact) mass is 296 g/mol. The summed E-state index contributed by atoms with van der Waals surface area (Å²) in [4.78, 5) is -1.05. The molecule has 0 saturated carbocycles. The topological polar surface area (TPSA) is 0 Å². The molecule has 0 atom stereocenters. The van der Waals surface area contributed by atoms with E-state index >= 15 is 0 Å². The van der Waals surface area contributed by atoms with Crippen molar-refractivity contribution in [2.75, 3.05) is 0 Å². The molecule has 0 spiro atoms. The molecule has 19 heavy (non-hydrogen) atoms. The molecule has 104 valence electrons. The molecule has 0 N–H and O–H groups in total. The van der Waals surface area contributed by atoms with E-state index in [-0.39, 0.29) is 5.41 Å². The lowest BCUT2D eigenvalue weighted by molar-refractivity contribution is 0.258. The number of hydrogen-bond acceptors (Lipinski definition) is 0. The number of allylic oxidation sites excluding steroid dienone is 8. The summed E-state index contributed by atoms with van der Waals surface area (Å²) in [6, 6.07) is 0. The molecule has 0 fully saturated rings. The van der Waals surface area contributed by atoms with Crippen molar-refractivity contribution in [3.63, 3.8) is 0 Å². The van der Waals surface area contributed by atoms with Crippen LogP contribution in [0.25, 0.3) is 0 Å². The fourth-order valence-corrected chi connectivity index (χ4v) is 4.37. The van der Waals surface area contributed by atoms with Crippen LogP contribution in [0.2, 0.25) is 0 Å². The van der Waals surface area contributed by atoms with E-state index < -0.39 is 9.75 Å². The predicted octanol–water partition coefficient (Wildman–Crippen LogP) is 5.78. The van der Waals surface area contributed by atoms with Crippen molar-refractivity contribution in [2.45, 2.75) is 51.3 Å². The van der Waals surface area contributed by atoms with Gasteiger partial charge < -0.3 is 0 Å². The van der Waals surface area contributed by atoms with Gasteiger partial charge in [0.2, 0.25) is 0 Å². The van der Waals surface area contributed by atoms with Gasteiger partial charge in [0.05, 0.1) is 9.75 Å². The molecule has 0 nitrogen and oxygen atoms in total. The normalized spacial score (nSPS) is 24.8. The van der Waals surface area contributed by atoms with E-state index in [2.05, 4.69) is 65.8 Å². The minimum absolute atomic E-state index is 0.321. The highest BCUT2D eigenvalue weighted by Crippen LogP contribution is 2.62. The maximum absolute atomic E-state index is 7.09. The quantitative estimate of drug-likeness (QED) is 0.567. The van der Waals surface area contributed by atoms with Gasteiger partial charge in [0.15, 0.2) is 0 Å². The molecule has 0 aromatic heterocycles. The third-order valence-corrected chi connectivity index (χ3v) is 7.20. The minimum Gasteiger partial charge on any atom is -0.109 e. The molecular weight excluding hydrogens is 275 g/mol. The van der Waals surface area contributed by atoms with Crippen molar-refractivity contribution in [1.82, 2.24) is 0 Å². The zero-order chi connectivity index (χ0) is 14.6. The highest BCUT2D eigenvalue weighted by molar-refractivity contribution is 6.33. The molecule has 0 heterocycles. The zero-order valence-corrected chi connectivity index (χ0v) is 14.1. The van der Waals surface area contributed by atoms with Gasteiger partial charge in [-0.1, -0.05) is 38.2 Å². The van der Waals surface area contributed by atoms with Crippen LogP contribution in [0.4, 0.5) is 0 Å². The number of hydrogen-bond donors (Lipinski definition) is 0. The first-order valence-corrected chi connectivity index (χ1v) is 7.46. The Morgan fingerprint density at radius 1 is 0.684 bits per heavy atom. The molecular formula is C17H22Cl2. The van der Waals surface area contributed by atoms with E-state index in [1.807, 2.05) is 0 Å². The smallest absolute Gasteiger partial charge is 0.0939 e. The third-order valence-electron chi connectivity index (χ3n) is 5.06. The van der Waals surface area contributed by atoms with Crippen LogP contribution in [0.1, 0.15) is 41.5 Å². The average molecular weight is 297 g/mol. The van der Waals surface area contributed by atoms with Crippen LogP contribution in [0.15, 0.2) is 46.6 Å². The maximum Gasteiger partial charge on any atom is 0.0939 e. The Morgan fingerprint density at radius 2 is 0.895 bits per heavy atom. The van der Waals surface area contributed by atoms with Crippen LogP contribution in [0, 0.1) is 5.41 Å². The average Bonchev–Trinajstić information content (AvgIpc) is 2.76. The first kappa shape index (κ1) is 14.9. The highest BCUT2D eigenvalue weighted by Gasteiger charge is 2.60. The van der Waals surface area contributed by atoms with Crippen LogP contribution in [0.3, 0.4) is 0 Å². The molecule has 2 aliphatic rings. The van der Waals surface area contributed by atoms with Crippen molar-refractivity contribution in [2.24, 2.45) is 5.41 Å². The molecule has 0 radical (unpaired) electrons. The van der Waals surface area contributed by atoms with Gasteiger partial charge in [-0.3, -0.25) is 0 Å². The molecule has 0 unspecified atom stereocenters. The van der Waals surface area contributed by atoms with E-state index in [0.717, 1.165) is 0 Å². The molecule has 0 aliphatic heterocycles. The highest BCUT2D eigenvalue weighted by atomic mass is 35.5. The lowest BCUT2D eigenvalue weighted by atomic mass is 9.61. The largest absolute Gasteiger partial charge is 0.109 e. The van der Waals surface area contributed by atoms with Crippen LogP contribution in [0.5, 0.6) is 0 Å². The van der Waals surface area contributed by atoms with Crippen molar-refractivity contribution < 1.29 is 0 Å². The second kappa shape index (κ2) is 4.27. The fraction of sp³-hybridized carbons (Fsp3) is 0.529. The molecule has 2 aliphatic carbocycles. The molecule has 0 saturated heterocycles. The SMILES string of the molecule is CC1=CC=C(C)C1(Cl)C(C)(C)C1(Cl)C(C)=CC=C1C.